The summed E-state index contributed by atoms with van der Waals surface area (Å²) >= 11 is 1.46. The van der Waals surface area contributed by atoms with Gasteiger partial charge in [-0.1, -0.05) is 31.6 Å². The molecule has 1 amide bonds. The smallest absolute Gasteiger partial charge is 0.231 e. The van der Waals surface area contributed by atoms with Gasteiger partial charge in [0.2, 0.25) is 11.0 Å². The first kappa shape index (κ1) is 15.1. The molecule has 0 aliphatic heterocycles. The fraction of sp³-hybridized carbons (Fsp3) is 0.500. The van der Waals surface area contributed by atoms with Gasteiger partial charge in [0, 0.05) is 30.4 Å². The third kappa shape index (κ3) is 3.16. The Hall–Kier alpha value is -1.82. The zero-order valence-corrected chi connectivity index (χ0v) is 13.7. The lowest BCUT2D eigenvalue weighted by atomic mass is 9.84. The highest BCUT2D eigenvalue weighted by Crippen LogP contribution is 2.33. The van der Waals surface area contributed by atoms with Crippen LogP contribution in [0.2, 0.25) is 0 Å². The Morgan fingerprint density at radius 1 is 1.41 bits per heavy atom. The molecule has 0 N–H and O–H groups in total. The van der Waals surface area contributed by atoms with Crippen LogP contribution >= 0.6 is 11.3 Å². The zero-order valence-electron chi connectivity index (χ0n) is 12.9. The van der Waals surface area contributed by atoms with Gasteiger partial charge in [-0.25, -0.2) is 0 Å². The monoisotopic (exact) mass is 316 g/mol. The quantitative estimate of drug-likeness (QED) is 0.848. The highest BCUT2D eigenvalue weighted by molar-refractivity contribution is 7.18. The minimum Gasteiger partial charge on any atom is -0.286 e. The van der Waals surface area contributed by atoms with Crippen LogP contribution in [-0.4, -0.2) is 27.6 Å². The van der Waals surface area contributed by atoms with Gasteiger partial charge in [-0.05, 0) is 30.9 Å². The lowest BCUT2D eigenvalue weighted by Gasteiger charge is -2.30. The molecule has 2 heterocycles. The van der Waals surface area contributed by atoms with Crippen molar-refractivity contribution in [2.24, 2.45) is 11.8 Å². The molecule has 2 aromatic heterocycles. The van der Waals surface area contributed by atoms with E-state index in [4.69, 9.17) is 0 Å². The van der Waals surface area contributed by atoms with Crippen LogP contribution in [0.1, 0.15) is 33.1 Å². The predicted molar refractivity (Wildman–Crippen MR) is 87.7 cm³/mol. The van der Waals surface area contributed by atoms with Crippen LogP contribution in [0.15, 0.2) is 24.5 Å². The molecule has 0 atom stereocenters. The molecular weight excluding hydrogens is 296 g/mol. The zero-order chi connectivity index (χ0) is 15.5. The molecule has 6 heteroatoms. The van der Waals surface area contributed by atoms with E-state index in [0.717, 1.165) is 29.8 Å². The molecule has 1 aliphatic carbocycles. The van der Waals surface area contributed by atoms with Gasteiger partial charge in [0.25, 0.3) is 0 Å². The van der Waals surface area contributed by atoms with Gasteiger partial charge in [0.1, 0.15) is 0 Å². The molecule has 0 bridgehead atoms. The van der Waals surface area contributed by atoms with Gasteiger partial charge in [-0.3, -0.25) is 14.7 Å². The highest BCUT2D eigenvalue weighted by atomic mass is 32.1. The van der Waals surface area contributed by atoms with Gasteiger partial charge in [0.15, 0.2) is 5.01 Å². The molecule has 0 spiro atoms. The van der Waals surface area contributed by atoms with Gasteiger partial charge in [-0.2, -0.15) is 0 Å². The largest absolute Gasteiger partial charge is 0.286 e. The third-order valence-corrected chi connectivity index (χ3v) is 4.82. The lowest BCUT2D eigenvalue weighted by molar-refractivity contribution is -0.124. The molecule has 0 saturated heterocycles. The van der Waals surface area contributed by atoms with Crippen molar-refractivity contribution in [3.05, 3.63) is 24.5 Å². The van der Waals surface area contributed by atoms with Crippen molar-refractivity contribution in [1.29, 1.82) is 0 Å². The summed E-state index contributed by atoms with van der Waals surface area (Å²) in [5, 5.41) is 9.99. The normalized spacial score (nSPS) is 14.9. The number of carbonyl (C=O) groups is 1. The van der Waals surface area contributed by atoms with Crippen LogP contribution in [0.3, 0.4) is 0 Å². The van der Waals surface area contributed by atoms with E-state index in [1.807, 2.05) is 17.0 Å². The summed E-state index contributed by atoms with van der Waals surface area (Å²) < 4.78 is 0. The van der Waals surface area contributed by atoms with E-state index in [1.54, 1.807) is 12.4 Å². The van der Waals surface area contributed by atoms with Crippen LogP contribution in [0.5, 0.6) is 0 Å². The van der Waals surface area contributed by atoms with Crippen molar-refractivity contribution in [1.82, 2.24) is 15.2 Å². The Morgan fingerprint density at radius 2 is 2.23 bits per heavy atom. The molecule has 22 heavy (non-hydrogen) atoms. The van der Waals surface area contributed by atoms with E-state index >= 15 is 0 Å². The molecule has 0 radical (unpaired) electrons. The standard InChI is InChI=1S/C16H20N4OS/c1-11(2)10-20(15(21)12-5-3-6-12)16-19-18-14(22-16)13-7-4-8-17-9-13/h4,7-9,11-12H,3,5-6,10H2,1-2H3. The second kappa shape index (κ2) is 6.52. The van der Waals surface area contributed by atoms with Gasteiger partial charge < -0.3 is 0 Å². The van der Waals surface area contributed by atoms with Crippen LogP contribution < -0.4 is 4.90 Å². The number of rotatable bonds is 5. The summed E-state index contributed by atoms with van der Waals surface area (Å²) in [5.41, 5.74) is 0.937. The Balaban J connectivity index is 1.84. The number of pyridine rings is 1. The maximum Gasteiger partial charge on any atom is 0.231 e. The molecule has 0 unspecified atom stereocenters. The minimum absolute atomic E-state index is 0.171. The average molecular weight is 316 g/mol. The summed E-state index contributed by atoms with van der Waals surface area (Å²) in [6, 6.07) is 3.83. The Morgan fingerprint density at radius 3 is 2.82 bits per heavy atom. The van der Waals surface area contributed by atoms with Crippen molar-refractivity contribution in [3.63, 3.8) is 0 Å². The summed E-state index contributed by atoms with van der Waals surface area (Å²) in [6.45, 7) is 4.92. The van der Waals surface area contributed by atoms with Crippen molar-refractivity contribution in [2.45, 2.75) is 33.1 Å². The Labute approximate surface area is 134 Å². The highest BCUT2D eigenvalue weighted by Gasteiger charge is 2.32. The predicted octanol–water partition coefficient (Wildman–Crippen LogP) is 3.39. The number of hydrogen-bond acceptors (Lipinski definition) is 5. The van der Waals surface area contributed by atoms with E-state index < -0.39 is 0 Å². The first-order chi connectivity index (χ1) is 10.6. The van der Waals surface area contributed by atoms with Gasteiger partial charge >= 0.3 is 0 Å². The third-order valence-electron chi connectivity index (χ3n) is 3.82. The molecule has 1 aliphatic rings. The summed E-state index contributed by atoms with van der Waals surface area (Å²) in [7, 11) is 0. The van der Waals surface area contributed by atoms with Crippen LogP contribution in [0.4, 0.5) is 5.13 Å². The van der Waals surface area contributed by atoms with E-state index in [0.29, 0.717) is 17.6 Å². The lowest BCUT2D eigenvalue weighted by Crippen LogP contribution is -2.41. The molecule has 0 aromatic carbocycles. The molecule has 1 saturated carbocycles. The molecular formula is C16H20N4OS. The maximum absolute atomic E-state index is 12.7. The Bertz CT molecular complexity index is 637. The first-order valence-electron chi connectivity index (χ1n) is 7.70. The average Bonchev–Trinajstić information content (AvgIpc) is 2.93. The summed E-state index contributed by atoms with van der Waals surface area (Å²) in [6.07, 6.45) is 6.66. The van der Waals surface area contributed by atoms with E-state index in [9.17, 15) is 4.79 Å². The number of hydrogen-bond donors (Lipinski definition) is 0. The molecule has 1 fully saturated rings. The van der Waals surface area contributed by atoms with Crippen LogP contribution in [0, 0.1) is 11.8 Å². The number of carbonyl (C=O) groups excluding carboxylic acids is 1. The number of nitrogens with zero attached hydrogens (tertiary/aromatic N) is 4. The number of aromatic nitrogens is 3. The van der Waals surface area contributed by atoms with Crippen LogP contribution in [-0.2, 0) is 4.79 Å². The Kier molecular flexibility index (Phi) is 4.47. The second-order valence-corrected chi connectivity index (χ2v) is 7.06. The molecule has 2 aromatic rings. The maximum atomic E-state index is 12.7. The fourth-order valence-electron chi connectivity index (χ4n) is 2.43. The second-order valence-electron chi connectivity index (χ2n) is 6.10. The van der Waals surface area contributed by atoms with Gasteiger partial charge in [0.05, 0.1) is 0 Å². The number of amides is 1. The van der Waals surface area contributed by atoms with E-state index in [1.165, 1.54) is 11.3 Å². The molecule has 116 valence electrons. The van der Waals surface area contributed by atoms with Crippen LogP contribution in [0.25, 0.3) is 10.6 Å². The SMILES string of the molecule is CC(C)CN(C(=O)C1CCC1)c1nnc(-c2cccnc2)s1. The summed E-state index contributed by atoms with van der Waals surface area (Å²) in [4.78, 5) is 18.6. The van der Waals surface area contributed by atoms with E-state index in [2.05, 4.69) is 29.0 Å². The molecule has 5 nitrogen and oxygen atoms in total. The van der Waals surface area contributed by atoms with E-state index in [-0.39, 0.29) is 11.8 Å². The first-order valence-corrected chi connectivity index (χ1v) is 8.52. The fourth-order valence-corrected chi connectivity index (χ4v) is 3.28. The van der Waals surface area contributed by atoms with Crippen molar-refractivity contribution in [2.75, 3.05) is 11.4 Å². The van der Waals surface area contributed by atoms with Crippen molar-refractivity contribution < 1.29 is 4.79 Å². The number of anilines is 1. The minimum atomic E-state index is 0.171. The van der Waals surface area contributed by atoms with Crippen molar-refractivity contribution in [3.8, 4) is 10.6 Å². The topological polar surface area (TPSA) is 59.0 Å². The molecule has 3 rings (SSSR count). The van der Waals surface area contributed by atoms with Gasteiger partial charge in [-0.15, -0.1) is 10.2 Å². The van der Waals surface area contributed by atoms with Crippen molar-refractivity contribution >= 4 is 22.4 Å². The summed E-state index contributed by atoms with van der Waals surface area (Å²) in [5.74, 6) is 0.771.